The predicted molar refractivity (Wildman–Crippen MR) is 56.2 cm³/mol. The molecule has 0 aliphatic carbocycles. The highest BCUT2D eigenvalue weighted by atomic mass is 16.5. The number of aromatic nitrogens is 2. The van der Waals surface area contributed by atoms with E-state index in [0.717, 1.165) is 19.6 Å². The lowest BCUT2D eigenvalue weighted by Crippen LogP contribution is -2.15. The average molecular weight is 197 g/mol. The van der Waals surface area contributed by atoms with Crippen LogP contribution in [0.4, 0.5) is 0 Å². The summed E-state index contributed by atoms with van der Waals surface area (Å²) in [5.41, 5.74) is 6.70. The van der Waals surface area contributed by atoms with Crippen molar-refractivity contribution in [2.75, 3.05) is 19.8 Å². The van der Waals surface area contributed by atoms with Gasteiger partial charge in [-0.1, -0.05) is 0 Å². The third-order valence-electron chi connectivity index (χ3n) is 2.18. The Balaban J connectivity index is 2.58. The summed E-state index contributed by atoms with van der Waals surface area (Å²) in [6, 6.07) is 0.332. The molecule has 0 saturated heterocycles. The van der Waals surface area contributed by atoms with Crippen molar-refractivity contribution in [3.8, 4) is 0 Å². The number of hydrogen-bond donors (Lipinski definition) is 1. The minimum atomic E-state index is 0.332. The van der Waals surface area contributed by atoms with Gasteiger partial charge in [0.1, 0.15) is 0 Å². The van der Waals surface area contributed by atoms with Crippen molar-refractivity contribution in [2.45, 2.75) is 26.3 Å². The molecule has 1 unspecified atom stereocenters. The Kier molecular flexibility index (Phi) is 4.62. The number of ether oxygens (including phenoxy) is 1. The van der Waals surface area contributed by atoms with Gasteiger partial charge in [-0.15, -0.1) is 0 Å². The van der Waals surface area contributed by atoms with E-state index in [-0.39, 0.29) is 0 Å². The Morgan fingerprint density at radius 2 is 2.43 bits per heavy atom. The number of rotatable bonds is 6. The van der Waals surface area contributed by atoms with E-state index < -0.39 is 0 Å². The van der Waals surface area contributed by atoms with Crippen molar-refractivity contribution in [1.82, 2.24) is 9.55 Å². The highest BCUT2D eigenvalue weighted by Gasteiger charge is 2.08. The Bertz CT molecular complexity index is 260. The maximum absolute atomic E-state index is 5.52. The van der Waals surface area contributed by atoms with Crippen molar-refractivity contribution in [2.24, 2.45) is 5.73 Å². The zero-order valence-corrected chi connectivity index (χ0v) is 8.94. The first-order valence-corrected chi connectivity index (χ1v) is 5.08. The van der Waals surface area contributed by atoms with Crippen molar-refractivity contribution >= 4 is 0 Å². The number of nitrogens with zero attached hydrogens (tertiary/aromatic N) is 2. The van der Waals surface area contributed by atoms with Crippen molar-refractivity contribution in [1.29, 1.82) is 0 Å². The Labute approximate surface area is 85.1 Å². The van der Waals surface area contributed by atoms with Crippen LogP contribution in [0, 0.1) is 0 Å². The summed E-state index contributed by atoms with van der Waals surface area (Å²) in [7, 11) is 0. The summed E-state index contributed by atoms with van der Waals surface area (Å²) in [6.07, 6.45) is 4.58. The standard InChI is InChI=1S/C10H19N3O/c1-3-14-7-9(2)13-8-12-6-10(13)4-5-11/h6,8-9H,3-5,7,11H2,1-2H3. The molecule has 1 aromatic rings. The van der Waals surface area contributed by atoms with Crippen LogP contribution in [0.1, 0.15) is 25.6 Å². The Morgan fingerprint density at radius 1 is 1.64 bits per heavy atom. The van der Waals surface area contributed by atoms with Crippen LogP contribution in [0.15, 0.2) is 12.5 Å². The molecule has 0 spiro atoms. The predicted octanol–water partition coefficient (Wildman–Crippen LogP) is 0.982. The molecule has 0 fully saturated rings. The summed E-state index contributed by atoms with van der Waals surface area (Å²) >= 11 is 0. The highest BCUT2D eigenvalue weighted by molar-refractivity contribution is 5.00. The van der Waals surface area contributed by atoms with E-state index in [4.69, 9.17) is 10.5 Å². The maximum Gasteiger partial charge on any atom is 0.0951 e. The molecule has 0 aromatic carbocycles. The van der Waals surface area contributed by atoms with Gasteiger partial charge in [0, 0.05) is 24.9 Å². The van der Waals surface area contributed by atoms with E-state index in [1.54, 1.807) is 0 Å². The van der Waals surface area contributed by atoms with Gasteiger partial charge in [0.25, 0.3) is 0 Å². The van der Waals surface area contributed by atoms with E-state index in [0.29, 0.717) is 12.6 Å². The van der Waals surface area contributed by atoms with E-state index in [1.807, 2.05) is 19.4 Å². The fourth-order valence-electron chi connectivity index (χ4n) is 1.44. The van der Waals surface area contributed by atoms with Gasteiger partial charge in [-0.3, -0.25) is 0 Å². The lowest BCUT2D eigenvalue weighted by Gasteiger charge is -2.15. The number of hydrogen-bond acceptors (Lipinski definition) is 3. The minimum Gasteiger partial charge on any atom is -0.380 e. The second kappa shape index (κ2) is 5.78. The normalized spacial score (nSPS) is 13.1. The third-order valence-corrected chi connectivity index (χ3v) is 2.18. The van der Waals surface area contributed by atoms with Gasteiger partial charge in [0.2, 0.25) is 0 Å². The zero-order chi connectivity index (χ0) is 10.4. The average Bonchev–Trinajstić information content (AvgIpc) is 2.63. The molecule has 14 heavy (non-hydrogen) atoms. The molecule has 0 aliphatic heterocycles. The van der Waals surface area contributed by atoms with Gasteiger partial charge in [0.05, 0.1) is 19.0 Å². The van der Waals surface area contributed by atoms with E-state index in [1.165, 1.54) is 5.69 Å². The van der Waals surface area contributed by atoms with Crippen LogP contribution in [0.25, 0.3) is 0 Å². The second-order valence-corrected chi connectivity index (χ2v) is 3.34. The molecule has 1 rings (SSSR count). The molecule has 1 heterocycles. The quantitative estimate of drug-likeness (QED) is 0.739. The van der Waals surface area contributed by atoms with Crippen LogP contribution in [0.5, 0.6) is 0 Å². The fraction of sp³-hybridized carbons (Fsp3) is 0.700. The summed E-state index contributed by atoms with van der Waals surface area (Å²) in [6.45, 7) is 6.27. The summed E-state index contributed by atoms with van der Waals surface area (Å²) in [5.74, 6) is 0. The molecule has 0 aliphatic rings. The molecule has 0 amide bonds. The molecule has 4 nitrogen and oxygen atoms in total. The monoisotopic (exact) mass is 197 g/mol. The van der Waals surface area contributed by atoms with Gasteiger partial charge in [0.15, 0.2) is 0 Å². The third kappa shape index (κ3) is 2.82. The lowest BCUT2D eigenvalue weighted by molar-refractivity contribution is 0.118. The zero-order valence-electron chi connectivity index (χ0n) is 8.94. The first kappa shape index (κ1) is 11.2. The van der Waals surface area contributed by atoms with Crippen LogP contribution in [-0.2, 0) is 11.2 Å². The molecular weight excluding hydrogens is 178 g/mol. The summed E-state index contributed by atoms with van der Waals surface area (Å²) in [4.78, 5) is 4.12. The SMILES string of the molecule is CCOCC(C)n1cncc1CCN. The van der Waals surface area contributed by atoms with Crippen molar-refractivity contribution in [3.05, 3.63) is 18.2 Å². The second-order valence-electron chi connectivity index (χ2n) is 3.34. The van der Waals surface area contributed by atoms with Crippen LogP contribution in [0.2, 0.25) is 0 Å². The largest absolute Gasteiger partial charge is 0.380 e. The molecule has 0 saturated carbocycles. The number of imidazole rings is 1. The van der Waals surface area contributed by atoms with Gasteiger partial charge < -0.3 is 15.0 Å². The minimum absolute atomic E-state index is 0.332. The van der Waals surface area contributed by atoms with Crippen molar-refractivity contribution < 1.29 is 4.74 Å². The molecule has 4 heteroatoms. The molecular formula is C10H19N3O. The lowest BCUT2D eigenvalue weighted by atomic mass is 10.3. The summed E-state index contributed by atoms with van der Waals surface area (Å²) in [5, 5.41) is 0. The van der Waals surface area contributed by atoms with Crippen LogP contribution < -0.4 is 5.73 Å². The van der Waals surface area contributed by atoms with E-state index >= 15 is 0 Å². The molecule has 2 N–H and O–H groups in total. The molecule has 0 bridgehead atoms. The Hall–Kier alpha value is -0.870. The topological polar surface area (TPSA) is 53.1 Å². The van der Waals surface area contributed by atoms with Crippen LogP contribution in [0.3, 0.4) is 0 Å². The van der Waals surface area contributed by atoms with Gasteiger partial charge in [-0.2, -0.15) is 0 Å². The van der Waals surface area contributed by atoms with Gasteiger partial charge in [-0.05, 0) is 20.4 Å². The molecule has 80 valence electrons. The smallest absolute Gasteiger partial charge is 0.0951 e. The first-order valence-electron chi connectivity index (χ1n) is 5.08. The van der Waals surface area contributed by atoms with E-state index in [9.17, 15) is 0 Å². The number of nitrogens with two attached hydrogens (primary N) is 1. The van der Waals surface area contributed by atoms with Gasteiger partial charge in [-0.25, -0.2) is 4.98 Å². The van der Waals surface area contributed by atoms with Gasteiger partial charge >= 0.3 is 0 Å². The van der Waals surface area contributed by atoms with Crippen LogP contribution in [-0.4, -0.2) is 29.3 Å². The highest BCUT2D eigenvalue weighted by Crippen LogP contribution is 2.10. The Morgan fingerprint density at radius 3 is 3.07 bits per heavy atom. The molecule has 1 atom stereocenters. The fourth-order valence-corrected chi connectivity index (χ4v) is 1.44. The molecule has 1 aromatic heterocycles. The van der Waals surface area contributed by atoms with Crippen molar-refractivity contribution in [3.63, 3.8) is 0 Å². The summed E-state index contributed by atoms with van der Waals surface area (Å²) < 4.78 is 7.50. The first-order chi connectivity index (χ1) is 6.79. The molecule has 0 radical (unpaired) electrons. The van der Waals surface area contributed by atoms with Crippen LogP contribution >= 0.6 is 0 Å². The van der Waals surface area contributed by atoms with E-state index in [2.05, 4.69) is 16.5 Å². The maximum atomic E-state index is 5.52.